The maximum Gasteiger partial charge on any atom is 0.0651 e. The summed E-state index contributed by atoms with van der Waals surface area (Å²) >= 11 is 0. The molecule has 4 nitrogen and oxygen atoms in total. The number of ether oxygens (including phenoxy) is 1. The van der Waals surface area contributed by atoms with Gasteiger partial charge in [0.25, 0.3) is 0 Å². The van der Waals surface area contributed by atoms with Crippen molar-refractivity contribution in [2.75, 3.05) is 7.11 Å². The van der Waals surface area contributed by atoms with Crippen LogP contribution in [-0.2, 0) is 4.74 Å². The van der Waals surface area contributed by atoms with Gasteiger partial charge in [0.1, 0.15) is 0 Å². The predicted octanol–water partition coefficient (Wildman–Crippen LogP) is 6.35. The van der Waals surface area contributed by atoms with Crippen LogP contribution in [0.3, 0.4) is 0 Å². The second kappa shape index (κ2) is 8.68. The topological polar surface area (TPSA) is 69.9 Å². The summed E-state index contributed by atoms with van der Waals surface area (Å²) in [6.07, 6.45) is 9.25. The predicted molar refractivity (Wildman–Crippen MR) is 142 cm³/mol. The van der Waals surface area contributed by atoms with Gasteiger partial charge in [-0.15, -0.1) is 0 Å². The van der Waals surface area contributed by atoms with Crippen molar-refractivity contribution in [1.82, 2.24) is 0 Å². The molecule has 4 fully saturated rings. The Balaban J connectivity index is 1.60. The molecular weight excluding hydrogens is 436 g/mol. The van der Waals surface area contributed by atoms with Gasteiger partial charge in [0, 0.05) is 7.11 Å². The zero-order valence-corrected chi connectivity index (χ0v) is 24.3. The molecule has 0 heterocycles. The van der Waals surface area contributed by atoms with Crippen LogP contribution in [0.2, 0.25) is 0 Å². The number of aliphatic hydroxyl groups is 3. The van der Waals surface area contributed by atoms with Crippen LogP contribution < -0.4 is 0 Å². The Morgan fingerprint density at radius 3 is 2.09 bits per heavy atom. The average molecular weight is 493 g/mol. The van der Waals surface area contributed by atoms with Gasteiger partial charge in [-0.05, 0) is 130 Å². The van der Waals surface area contributed by atoms with Crippen LogP contribution in [0.1, 0.15) is 120 Å². The molecule has 0 aromatic heterocycles. The van der Waals surface area contributed by atoms with Crippen LogP contribution in [-0.4, -0.2) is 45.8 Å². The van der Waals surface area contributed by atoms with Gasteiger partial charge >= 0.3 is 0 Å². The Hall–Kier alpha value is -0.160. The molecule has 3 N–H and O–H groups in total. The zero-order valence-electron chi connectivity index (χ0n) is 24.3. The van der Waals surface area contributed by atoms with Gasteiger partial charge in [-0.25, -0.2) is 0 Å². The third kappa shape index (κ3) is 4.07. The van der Waals surface area contributed by atoms with Crippen molar-refractivity contribution in [3.63, 3.8) is 0 Å². The first-order valence-corrected chi connectivity index (χ1v) is 14.6. The minimum atomic E-state index is -0.769. The van der Waals surface area contributed by atoms with Gasteiger partial charge < -0.3 is 20.1 Å². The fourth-order valence-corrected chi connectivity index (χ4v) is 10.6. The van der Waals surface area contributed by atoms with Gasteiger partial charge in [-0.1, -0.05) is 34.6 Å². The quantitative estimate of drug-likeness (QED) is 0.404. The van der Waals surface area contributed by atoms with E-state index in [0.717, 1.165) is 51.4 Å². The van der Waals surface area contributed by atoms with Crippen LogP contribution in [0.15, 0.2) is 0 Å². The summed E-state index contributed by atoms with van der Waals surface area (Å²) in [7, 11) is 1.76. The summed E-state index contributed by atoms with van der Waals surface area (Å²) in [4.78, 5) is 0. The minimum absolute atomic E-state index is 0.0317. The molecule has 0 aromatic rings. The standard InChI is InChI=1S/C31H56O4/c1-26(2,35-9)14-10-15-31(8,34)20-11-17-30(7)25(20)21(32)19-23-28(5)16-13-24(33)27(3,4)22(28)12-18-29(23,30)6/h20-25,32-34H,10-19H2,1-9H3/t20-,21?,22-,23+,24?,25-,28-,29+,30+,31-/m0/s1. The largest absolute Gasteiger partial charge is 0.393 e. The van der Waals surface area contributed by atoms with Crippen molar-refractivity contribution in [2.45, 2.75) is 143 Å². The summed E-state index contributed by atoms with van der Waals surface area (Å²) in [5.74, 6) is 1.24. The number of methoxy groups -OCH3 is 1. The fourth-order valence-electron chi connectivity index (χ4n) is 10.6. The molecule has 4 rings (SSSR count). The van der Waals surface area contributed by atoms with Crippen molar-refractivity contribution in [1.29, 1.82) is 0 Å². The number of fused-ring (bicyclic) bond motifs is 5. The lowest BCUT2D eigenvalue weighted by Gasteiger charge is -2.70. The van der Waals surface area contributed by atoms with Gasteiger partial charge in [0.05, 0.1) is 23.4 Å². The normalized spacial score (nSPS) is 49.0. The molecule has 0 amide bonds. The third-order valence-electron chi connectivity index (χ3n) is 13.2. The second-order valence-corrected chi connectivity index (χ2v) is 15.5. The summed E-state index contributed by atoms with van der Waals surface area (Å²) in [6.45, 7) is 18.3. The average Bonchev–Trinajstić information content (AvgIpc) is 3.14. The molecule has 4 saturated carbocycles. The fraction of sp³-hybridized carbons (Fsp3) is 1.00. The van der Waals surface area contributed by atoms with E-state index < -0.39 is 5.60 Å². The zero-order chi connectivity index (χ0) is 26.2. The summed E-state index contributed by atoms with van der Waals surface area (Å²) in [5.41, 5.74) is -0.672. The summed E-state index contributed by atoms with van der Waals surface area (Å²) < 4.78 is 5.61. The SMILES string of the molecule is COC(C)(C)CCC[C@](C)(O)[C@H]1CC[C@]2(C)[C@@H]1C(O)C[C@@H]1[C@@]3(C)CCC(O)C(C)(C)[C@@H]3CC[C@]12C. The van der Waals surface area contributed by atoms with Crippen molar-refractivity contribution in [3.05, 3.63) is 0 Å². The van der Waals surface area contributed by atoms with Crippen LogP contribution in [0.5, 0.6) is 0 Å². The van der Waals surface area contributed by atoms with Crippen LogP contribution in [0.25, 0.3) is 0 Å². The van der Waals surface area contributed by atoms with E-state index in [4.69, 9.17) is 4.74 Å². The van der Waals surface area contributed by atoms with E-state index >= 15 is 0 Å². The van der Waals surface area contributed by atoms with E-state index in [1.54, 1.807) is 7.11 Å². The minimum Gasteiger partial charge on any atom is -0.393 e. The Labute approximate surface area is 215 Å². The Morgan fingerprint density at radius 1 is 0.829 bits per heavy atom. The lowest BCUT2D eigenvalue weighted by Crippen LogP contribution is -2.66. The number of aliphatic hydroxyl groups excluding tert-OH is 2. The van der Waals surface area contributed by atoms with E-state index in [0.29, 0.717) is 11.8 Å². The molecule has 4 heteroatoms. The Morgan fingerprint density at radius 2 is 1.46 bits per heavy atom. The highest BCUT2D eigenvalue weighted by atomic mass is 16.5. The highest BCUT2D eigenvalue weighted by Gasteiger charge is 2.71. The molecule has 0 radical (unpaired) electrons. The second-order valence-electron chi connectivity index (χ2n) is 15.5. The Kier molecular flexibility index (Phi) is 6.91. The first-order chi connectivity index (χ1) is 16.0. The first-order valence-electron chi connectivity index (χ1n) is 14.6. The van der Waals surface area contributed by atoms with Crippen LogP contribution in [0, 0.1) is 45.3 Å². The molecular formula is C31H56O4. The molecule has 35 heavy (non-hydrogen) atoms. The van der Waals surface area contributed by atoms with Gasteiger partial charge in [-0.3, -0.25) is 0 Å². The molecule has 0 aromatic carbocycles. The van der Waals surface area contributed by atoms with Crippen molar-refractivity contribution in [2.24, 2.45) is 45.3 Å². The number of rotatable bonds is 6. The van der Waals surface area contributed by atoms with Crippen LogP contribution >= 0.6 is 0 Å². The third-order valence-corrected chi connectivity index (χ3v) is 13.2. The first kappa shape index (κ1) is 27.9. The molecule has 4 aliphatic carbocycles. The van der Waals surface area contributed by atoms with Gasteiger partial charge in [0.2, 0.25) is 0 Å². The Bertz CT molecular complexity index is 789. The molecule has 2 unspecified atom stereocenters. The highest BCUT2D eigenvalue weighted by Crippen LogP contribution is 2.75. The van der Waals surface area contributed by atoms with E-state index in [1.165, 1.54) is 12.8 Å². The molecule has 0 saturated heterocycles. The van der Waals surface area contributed by atoms with Crippen molar-refractivity contribution in [3.8, 4) is 0 Å². The molecule has 0 bridgehead atoms. The smallest absolute Gasteiger partial charge is 0.0651 e. The number of hydrogen-bond donors (Lipinski definition) is 3. The maximum atomic E-state index is 11.8. The van der Waals surface area contributed by atoms with Crippen molar-refractivity contribution >= 4 is 0 Å². The number of hydrogen-bond acceptors (Lipinski definition) is 4. The summed E-state index contributed by atoms with van der Waals surface area (Å²) in [5, 5.41) is 34.5. The molecule has 204 valence electrons. The van der Waals surface area contributed by atoms with E-state index in [1.807, 2.05) is 6.92 Å². The lowest BCUT2D eigenvalue weighted by atomic mass is 9.35. The summed E-state index contributed by atoms with van der Waals surface area (Å²) in [6, 6.07) is 0. The maximum absolute atomic E-state index is 11.8. The van der Waals surface area contributed by atoms with E-state index in [2.05, 4.69) is 48.5 Å². The van der Waals surface area contributed by atoms with E-state index in [9.17, 15) is 15.3 Å². The molecule has 4 aliphatic rings. The molecule has 0 spiro atoms. The van der Waals surface area contributed by atoms with E-state index in [-0.39, 0.29) is 51.3 Å². The lowest BCUT2D eigenvalue weighted by molar-refractivity contribution is -0.246. The monoisotopic (exact) mass is 492 g/mol. The molecule has 10 atom stereocenters. The van der Waals surface area contributed by atoms with Gasteiger partial charge in [-0.2, -0.15) is 0 Å². The van der Waals surface area contributed by atoms with Crippen molar-refractivity contribution < 1.29 is 20.1 Å². The van der Waals surface area contributed by atoms with Crippen LogP contribution in [0.4, 0.5) is 0 Å². The molecule has 0 aliphatic heterocycles. The highest BCUT2D eigenvalue weighted by molar-refractivity contribution is 5.19. The van der Waals surface area contributed by atoms with Gasteiger partial charge in [0.15, 0.2) is 0 Å².